The van der Waals surface area contributed by atoms with Gasteiger partial charge in [-0.25, -0.2) is 4.79 Å². The van der Waals surface area contributed by atoms with Crippen molar-refractivity contribution in [2.45, 2.75) is 90.7 Å². The number of aliphatic hydroxyl groups is 2. The van der Waals surface area contributed by atoms with Gasteiger partial charge in [-0.15, -0.1) is 0 Å². The molecule has 0 amide bonds. The maximum absolute atomic E-state index is 12.7. The molecule has 0 saturated carbocycles. The molecule has 2 aliphatic rings. The van der Waals surface area contributed by atoms with Gasteiger partial charge in [-0.2, -0.15) is 0 Å². The number of ether oxygens (including phenoxy) is 4. The normalized spacial score (nSPS) is 18.7. The molecule has 1 unspecified atom stereocenters. The second-order valence-electron chi connectivity index (χ2n) is 13.5. The van der Waals surface area contributed by atoms with Crippen molar-refractivity contribution in [3.63, 3.8) is 0 Å². The highest BCUT2D eigenvalue weighted by molar-refractivity contribution is 6.32. The van der Waals surface area contributed by atoms with E-state index in [-0.39, 0.29) is 24.9 Å². The number of likely N-dealkylation sites (tertiary alicyclic amines) is 1. The molecule has 1 aliphatic heterocycles. The quantitative estimate of drug-likeness (QED) is 0.116. The predicted molar refractivity (Wildman–Crippen MR) is 192 cm³/mol. The highest BCUT2D eigenvalue weighted by Crippen LogP contribution is 2.44. The van der Waals surface area contributed by atoms with Crippen molar-refractivity contribution in [3.8, 4) is 28.4 Å². The standard InChI is InChI=1S/C39H51ClN2O7/c1-6-46-36-21-37(33(40)20-27(36)22-41-39(5,24-43)38(45)48-25(2)3)49-35-15-14-31-30(11-7-12-32(31)35)29-10-8-13-34(26(29)4)47-19-9-17-42-18-16-28(44)23-42/h7-8,10-13,20-21,25,28,35,41,43-44H,6,9,14-19,22-24H2,1-5H3/t28-,35+,39?/m1/s1. The molecular formula is C39H51ClN2O7. The van der Waals surface area contributed by atoms with Crippen LogP contribution in [0.1, 0.15) is 75.3 Å². The number of carbonyl (C=O) groups is 1. The van der Waals surface area contributed by atoms with Crippen LogP contribution in [0, 0.1) is 6.92 Å². The number of aliphatic hydroxyl groups excluding tert-OH is 2. The van der Waals surface area contributed by atoms with Crippen LogP contribution < -0.4 is 19.5 Å². The smallest absolute Gasteiger partial charge is 0.328 e. The number of carbonyl (C=O) groups excluding carboxylic acids is 1. The van der Waals surface area contributed by atoms with E-state index in [1.54, 1.807) is 26.8 Å². The summed E-state index contributed by atoms with van der Waals surface area (Å²) in [4.78, 5) is 15.0. The van der Waals surface area contributed by atoms with E-state index >= 15 is 0 Å². The lowest BCUT2D eigenvalue weighted by Crippen LogP contribution is -2.53. The zero-order chi connectivity index (χ0) is 35.1. The first-order valence-corrected chi connectivity index (χ1v) is 17.8. The van der Waals surface area contributed by atoms with Gasteiger partial charge < -0.3 is 34.1 Å². The van der Waals surface area contributed by atoms with E-state index in [4.69, 9.17) is 30.5 Å². The van der Waals surface area contributed by atoms with E-state index in [0.717, 1.165) is 73.3 Å². The van der Waals surface area contributed by atoms with E-state index < -0.39 is 18.1 Å². The summed E-state index contributed by atoms with van der Waals surface area (Å²) < 4.78 is 24.2. The Morgan fingerprint density at radius 2 is 1.86 bits per heavy atom. The molecule has 10 heteroatoms. The number of rotatable bonds is 16. The minimum atomic E-state index is -1.29. The van der Waals surface area contributed by atoms with E-state index in [1.807, 2.05) is 19.1 Å². The molecule has 1 saturated heterocycles. The van der Waals surface area contributed by atoms with Gasteiger partial charge in [-0.05, 0) is 100 Å². The molecule has 49 heavy (non-hydrogen) atoms. The minimum Gasteiger partial charge on any atom is -0.493 e. The Morgan fingerprint density at radius 1 is 1.08 bits per heavy atom. The third-order valence-corrected chi connectivity index (χ3v) is 9.67. The third kappa shape index (κ3) is 8.88. The van der Waals surface area contributed by atoms with E-state index in [9.17, 15) is 15.0 Å². The molecule has 0 spiro atoms. The Balaban J connectivity index is 1.29. The number of benzene rings is 3. The SMILES string of the molecule is CCOc1cc(O[C@H]2CCc3c(-c4cccc(OCCCN5CC[C@@H](O)C5)c4C)cccc32)c(Cl)cc1CNC(C)(CO)C(=O)OC(C)C. The summed E-state index contributed by atoms with van der Waals surface area (Å²) in [6, 6.07) is 16.2. The van der Waals surface area contributed by atoms with Crippen LogP contribution in [0.25, 0.3) is 11.1 Å². The summed E-state index contributed by atoms with van der Waals surface area (Å²) in [5.41, 5.74) is 5.29. The van der Waals surface area contributed by atoms with Gasteiger partial charge in [0.25, 0.3) is 0 Å². The molecule has 9 nitrogen and oxygen atoms in total. The van der Waals surface area contributed by atoms with Gasteiger partial charge >= 0.3 is 5.97 Å². The van der Waals surface area contributed by atoms with Crippen LogP contribution in [0.4, 0.5) is 0 Å². The molecule has 1 fully saturated rings. The van der Waals surface area contributed by atoms with Crippen LogP contribution in [0.5, 0.6) is 17.2 Å². The fourth-order valence-corrected chi connectivity index (χ4v) is 6.84. The summed E-state index contributed by atoms with van der Waals surface area (Å²) in [5.74, 6) is 1.47. The van der Waals surface area contributed by atoms with Crippen molar-refractivity contribution in [3.05, 3.63) is 75.8 Å². The van der Waals surface area contributed by atoms with Crippen LogP contribution >= 0.6 is 11.6 Å². The Labute approximate surface area is 295 Å². The Hall–Kier alpha value is -3.34. The maximum atomic E-state index is 12.7. The Morgan fingerprint density at radius 3 is 2.57 bits per heavy atom. The zero-order valence-electron chi connectivity index (χ0n) is 29.4. The maximum Gasteiger partial charge on any atom is 0.328 e. The molecule has 0 radical (unpaired) electrons. The number of halogens is 1. The Kier molecular flexibility index (Phi) is 12.5. The molecule has 3 atom stereocenters. The highest BCUT2D eigenvalue weighted by atomic mass is 35.5. The van der Waals surface area contributed by atoms with Crippen LogP contribution in [-0.4, -0.2) is 78.3 Å². The van der Waals surface area contributed by atoms with Gasteiger partial charge in [0.05, 0.1) is 37.1 Å². The number of nitrogens with zero attached hydrogens (tertiary/aromatic N) is 1. The fraction of sp³-hybridized carbons (Fsp3) is 0.513. The van der Waals surface area contributed by atoms with E-state index in [1.165, 1.54) is 11.1 Å². The summed E-state index contributed by atoms with van der Waals surface area (Å²) in [7, 11) is 0. The van der Waals surface area contributed by atoms with E-state index in [2.05, 4.69) is 47.5 Å². The average Bonchev–Trinajstić information content (AvgIpc) is 3.69. The van der Waals surface area contributed by atoms with Crippen molar-refractivity contribution in [1.82, 2.24) is 10.2 Å². The first-order valence-electron chi connectivity index (χ1n) is 17.5. The Bertz CT molecular complexity index is 1600. The van der Waals surface area contributed by atoms with Gasteiger partial charge in [0.2, 0.25) is 0 Å². The van der Waals surface area contributed by atoms with Gasteiger partial charge in [0.1, 0.15) is 28.9 Å². The number of hydrogen-bond acceptors (Lipinski definition) is 9. The average molecular weight is 695 g/mol. The predicted octanol–water partition coefficient (Wildman–Crippen LogP) is 6.41. The van der Waals surface area contributed by atoms with Gasteiger partial charge in [0.15, 0.2) is 0 Å². The molecule has 3 aromatic carbocycles. The van der Waals surface area contributed by atoms with Crippen molar-refractivity contribution in [2.75, 3.05) is 39.5 Å². The lowest BCUT2D eigenvalue weighted by molar-refractivity contribution is -0.156. The highest BCUT2D eigenvalue weighted by Gasteiger charge is 2.35. The van der Waals surface area contributed by atoms with E-state index in [0.29, 0.717) is 29.7 Å². The van der Waals surface area contributed by atoms with Gasteiger partial charge in [0, 0.05) is 37.8 Å². The minimum absolute atomic E-state index is 0.182. The molecule has 266 valence electrons. The van der Waals surface area contributed by atoms with Crippen molar-refractivity contribution >= 4 is 17.6 Å². The molecule has 5 rings (SSSR count). The van der Waals surface area contributed by atoms with Crippen molar-refractivity contribution in [1.29, 1.82) is 0 Å². The molecule has 1 aliphatic carbocycles. The fourth-order valence-electron chi connectivity index (χ4n) is 6.61. The second kappa shape index (κ2) is 16.6. The van der Waals surface area contributed by atoms with Gasteiger partial charge in [-0.1, -0.05) is 41.9 Å². The van der Waals surface area contributed by atoms with Crippen LogP contribution in [0.15, 0.2) is 48.5 Å². The molecular weight excluding hydrogens is 644 g/mol. The van der Waals surface area contributed by atoms with Crippen LogP contribution in [0.3, 0.4) is 0 Å². The number of hydrogen-bond donors (Lipinski definition) is 3. The molecule has 0 bridgehead atoms. The topological polar surface area (TPSA) is 110 Å². The summed E-state index contributed by atoms with van der Waals surface area (Å²) in [6.45, 7) is 12.7. The third-order valence-electron chi connectivity index (χ3n) is 9.38. The van der Waals surface area contributed by atoms with Crippen molar-refractivity contribution in [2.24, 2.45) is 0 Å². The molecule has 3 N–H and O–H groups in total. The lowest BCUT2D eigenvalue weighted by Gasteiger charge is -2.28. The molecule has 1 heterocycles. The summed E-state index contributed by atoms with van der Waals surface area (Å²) in [5, 5.41) is 23.4. The lowest BCUT2D eigenvalue weighted by atomic mass is 9.93. The molecule has 3 aromatic rings. The number of esters is 1. The zero-order valence-corrected chi connectivity index (χ0v) is 30.1. The monoisotopic (exact) mass is 694 g/mol. The summed E-state index contributed by atoms with van der Waals surface area (Å²) >= 11 is 6.81. The largest absolute Gasteiger partial charge is 0.493 e. The van der Waals surface area contributed by atoms with Gasteiger partial charge in [-0.3, -0.25) is 5.32 Å². The van der Waals surface area contributed by atoms with Crippen LogP contribution in [0.2, 0.25) is 5.02 Å². The van der Waals surface area contributed by atoms with Crippen LogP contribution in [-0.2, 0) is 22.5 Å². The first kappa shape index (κ1) is 36.9. The number of nitrogens with one attached hydrogen (secondary N) is 1. The molecule has 0 aromatic heterocycles. The summed E-state index contributed by atoms with van der Waals surface area (Å²) in [6.07, 6.45) is 2.76. The first-order chi connectivity index (χ1) is 23.5. The van der Waals surface area contributed by atoms with Crippen molar-refractivity contribution < 1.29 is 34.0 Å². The number of β-amino-alcohol motifs (C(OH)–C–C–N with tert-alkyl or cyclic N) is 1. The number of fused-ring (bicyclic) bond motifs is 1. The second-order valence-corrected chi connectivity index (χ2v) is 13.9.